The highest BCUT2D eigenvalue weighted by atomic mass is 32.2. The number of hydrogen-bond acceptors (Lipinski definition) is 7. The van der Waals surface area contributed by atoms with Gasteiger partial charge in [-0.25, -0.2) is 22.7 Å². The van der Waals surface area contributed by atoms with E-state index in [1.807, 2.05) is 0 Å². The molecule has 0 radical (unpaired) electrons. The Labute approximate surface area is 239 Å². The van der Waals surface area contributed by atoms with Crippen molar-refractivity contribution in [2.75, 3.05) is 13.2 Å². The van der Waals surface area contributed by atoms with E-state index in [2.05, 4.69) is 10.1 Å². The van der Waals surface area contributed by atoms with Crippen LogP contribution in [0.15, 0.2) is 78.2 Å². The van der Waals surface area contributed by atoms with Crippen LogP contribution in [0, 0.1) is 11.6 Å². The SMILES string of the molecule is C[C@@H](SC1COC(/C=C/C=C/c2ccc(S(=O)C(F)(F)F)cc2)OC1)[C@](O)(Cn1cncn1)c1ccc(F)cc1F. The Morgan fingerprint density at radius 1 is 1.15 bits per heavy atom. The first kappa shape index (κ1) is 31.0. The molecule has 1 aromatic heterocycles. The van der Waals surface area contributed by atoms with Crippen LogP contribution in [0.3, 0.4) is 0 Å². The van der Waals surface area contributed by atoms with Crippen molar-refractivity contribution in [3.63, 3.8) is 0 Å². The minimum atomic E-state index is -4.81. The zero-order valence-electron chi connectivity index (χ0n) is 21.6. The molecule has 7 nitrogen and oxygen atoms in total. The molecule has 1 unspecified atom stereocenters. The van der Waals surface area contributed by atoms with Crippen molar-refractivity contribution in [1.82, 2.24) is 14.8 Å². The fourth-order valence-corrected chi connectivity index (χ4v) is 6.05. The molecule has 220 valence electrons. The topological polar surface area (TPSA) is 86.5 Å². The van der Waals surface area contributed by atoms with Gasteiger partial charge in [0, 0.05) is 21.8 Å². The summed E-state index contributed by atoms with van der Waals surface area (Å²) in [5.41, 5.74) is -6.01. The predicted molar refractivity (Wildman–Crippen MR) is 144 cm³/mol. The molecule has 1 N–H and O–H groups in total. The minimum absolute atomic E-state index is 0.0668. The highest BCUT2D eigenvalue weighted by molar-refractivity contribution is 8.00. The van der Waals surface area contributed by atoms with Crippen molar-refractivity contribution < 1.29 is 40.7 Å². The van der Waals surface area contributed by atoms with E-state index in [0.29, 0.717) is 5.56 Å². The molecule has 3 atom stereocenters. The zero-order valence-corrected chi connectivity index (χ0v) is 23.2. The number of ether oxygens (including phenoxy) is 2. The number of hydrogen-bond donors (Lipinski definition) is 1. The number of aromatic nitrogens is 3. The van der Waals surface area contributed by atoms with Crippen molar-refractivity contribution in [1.29, 1.82) is 0 Å². The maximum Gasteiger partial charge on any atom is 0.475 e. The first-order valence-electron chi connectivity index (χ1n) is 12.3. The van der Waals surface area contributed by atoms with Gasteiger partial charge in [-0.2, -0.15) is 18.3 Å². The molecule has 41 heavy (non-hydrogen) atoms. The minimum Gasteiger partial charge on any atom is -0.382 e. The highest BCUT2D eigenvalue weighted by Gasteiger charge is 2.41. The number of aliphatic hydroxyl groups is 1. The summed E-state index contributed by atoms with van der Waals surface area (Å²) in [5, 5.41) is 14.9. The molecule has 3 aromatic rings. The Kier molecular flexibility index (Phi) is 10.1. The van der Waals surface area contributed by atoms with E-state index >= 15 is 0 Å². The molecule has 1 saturated heterocycles. The summed E-state index contributed by atoms with van der Waals surface area (Å²) in [4.78, 5) is 3.54. The molecule has 14 heteroatoms. The Hall–Kier alpha value is -2.91. The number of allylic oxidation sites excluding steroid dienone is 2. The first-order chi connectivity index (χ1) is 19.5. The van der Waals surface area contributed by atoms with Gasteiger partial charge < -0.3 is 14.6 Å². The lowest BCUT2D eigenvalue weighted by Gasteiger charge is -2.37. The van der Waals surface area contributed by atoms with Crippen LogP contribution in [0.1, 0.15) is 18.1 Å². The normalized spacial score (nSPS) is 21.2. The highest BCUT2D eigenvalue weighted by Crippen LogP contribution is 2.38. The zero-order chi connectivity index (χ0) is 29.6. The molecular weight excluding hydrogens is 589 g/mol. The number of thioether (sulfide) groups is 1. The second-order valence-electron chi connectivity index (χ2n) is 9.10. The fraction of sp³-hybridized carbons (Fsp3) is 0.333. The third-order valence-electron chi connectivity index (χ3n) is 6.20. The molecule has 0 spiro atoms. The van der Waals surface area contributed by atoms with Crippen LogP contribution in [-0.4, -0.2) is 59.6 Å². The van der Waals surface area contributed by atoms with Gasteiger partial charge in [0.05, 0.1) is 25.0 Å². The summed E-state index contributed by atoms with van der Waals surface area (Å²) >= 11 is 1.34. The van der Waals surface area contributed by atoms with E-state index < -0.39 is 45.1 Å². The largest absolute Gasteiger partial charge is 0.475 e. The summed E-state index contributed by atoms with van der Waals surface area (Å²) in [5.74, 6) is -1.63. The van der Waals surface area contributed by atoms with Crippen LogP contribution < -0.4 is 0 Å². The van der Waals surface area contributed by atoms with E-state index in [0.717, 1.165) is 24.3 Å². The number of alkyl halides is 3. The van der Waals surface area contributed by atoms with Crippen LogP contribution in [0.5, 0.6) is 0 Å². The van der Waals surface area contributed by atoms with Gasteiger partial charge in [-0.15, -0.1) is 11.8 Å². The van der Waals surface area contributed by atoms with Gasteiger partial charge in [-0.1, -0.05) is 43.4 Å². The maximum atomic E-state index is 14.7. The smallest absolute Gasteiger partial charge is 0.382 e. The summed E-state index contributed by atoms with van der Waals surface area (Å²) in [6.45, 7) is 2.17. The molecule has 0 saturated carbocycles. The van der Waals surface area contributed by atoms with Gasteiger partial charge >= 0.3 is 5.51 Å². The average Bonchev–Trinajstić information content (AvgIpc) is 3.44. The van der Waals surface area contributed by atoms with Crippen molar-refractivity contribution in [3.8, 4) is 0 Å². The van der Waals surface area contributed by atoms with Gasteiger partial charge in [0.2, 0.25) is 0 Å². The molecule has 0 bridgehead atoms. The molecule has 0 amide bonds. The molecular formula is C27H26F5N3O4S2. The van der Waals surface area contributed by atoms with E-state index in [4.69, 9.17) is 9.47 Å². The summed E-state index contributed by atoms with van der Waals surface area (Å²) < 4.78 is 90.3. The number of rotatable bonds is 10. The number of nitrogens with zero attached hydrogens (tertiary/aromatic N) is 3. The Morgan fingerprint density at radius 3 is 2.46 bits per heavy atom. The quantitative estimate of drug-likeness (QED) is 0.248. The van der Waals surface area contributed by atoms with Crippen LogP contribution in [0.4, 0.5) is 22.0 Å². The second-order valence-corrected chi connectivity index (χ2v) is 12.2. The molecule has 2 heterocycles. The van der Waals surface area contributed by atoms with Gasteiger partial charge in [0.25, 0.3) is 0 Å². The van der Waals surface area contributed by atoms with Gasteiger partial charge in [-0.3, -0.25) is 0 Å². The van der Waals surface area contributed by atoms with Gasteiger partial charge in [0.1, 0.15) is 29.9 Å². The molecule has 1 fully saturated rings. The Balaban J connectivity index is 1.32. The van der Waals surface area contributed by atoms with E-state index in [-0.39, 0.29) is 35.5 Å². The van der Waals surface area contributed by atoms with Crippen LogP contribution in [0.25, 0.3) is 6.08 Å². The molecule has 0 aliphatic carbocycles. The van der Waals surface area contributed by atoms with Crippen molar-refractivity contribution >= 4 is 28.6 Å². The fourth-order valence-electron chi connectivity index (χ4n) is 4.08. The Morgan fingerprint density at radius 2 is 1.85 bits per heavy atom. The molecule has 4 rings (SSSR count). The summed E-state index contributed by atoms with van der Waals surface area (Å²) in [7, 11) is -3.07. The van der Waals surface area contributed by atoms with E-state index in [1.165, 1.54) is 47.3 Å². The third-order valence-corrected chi connectivity index (χ3v) is 8.78. The van der Waals surface area contributed by atoms with Gasteiger partial charge in [0.15, 0.2) is 17.1 Å². The predicted octanol–water partition coefficient (Wildman–Crippen LogP) is 5.20. The van der Waals surface area contributed by atoms with Crippen LogP contribution in [-0.2, 0) is 32.4 Å². The monoisotopic (exact) mass is 615 g/mol. The maximum absolute atomic E-state index is 14.7. The van der Waals surface area contributed by atoms with Gasteiger partial charge in [-0.05, 0) is 29.8 Å². The van der Waals surface area contributed by atoms with E-state index in [1.54, 1.807) is 31.2 Å². The lowest BCUT2D eigenvalue weighted by Crippen LogP contribution is -2.43. The summed E-state index contributed by atoms with van der Waals surface area (Å²) in [6, 6.07) is 8.23. The Bertz CT molecular complexity index is 1380. The number of halogens is 5. The summed E-state index contributed by atoms with van der Waals surface area (Å²) in [6.07, 6.45) is 8.68. The second kappa shape index (κ2) is 13.4. The molecule has 1 aliphatic rings. The number of benzene rings is 2. The lowest BCUT2D eigenvalue weighted by atomic mass is 9.90. The van der Waals surface area contributed by atoms with Crippen LogP contribution in [0.2, 0.25) is 0 Å². The molecule has 2 aromatic carbocycles. The third kappa shape index (κ3) is 8.10. The van der Waals surface area contributed by atoms with Crippen molar-refractivity contribution in [3.05, 3.63) is 96.1 Å². The van der Waals surface area contributed by atoms with Crippen LogP contribution >= 0.6 is 11.8 Å². The standard InChI is InChI=1S/C27H26F5N3O4S2/c1-18(26(36,15-35-17-33-16-34-35)23-11-8-20(28)12-24(23)29)40-21-13-38-25(39-14-21)5-3-2-4-19-6-9-22(10-7-19)41(37)27(30,31)32/h2-12,16-18,21,25,36H,13-15H2,1H3/b4-2+,5-3+/t18-,21?,25?,26-,41?/m1/s1. The average molecular weight is 616 g/mol. The van der Waals surface area contributed by atoms with Crippen molar-refractivity contribution in [2.45, 2.75) is 46.3 Å². The van der Waals surface area contributed by atoms with Crippen molar-refractivity contribution in [2.24, 2.45) is 0 Å². The molecule has 1 aliphatic heterocycles. The van der Waals surface area contributed by atoms with E-state index in [9.17, 15) is 31.3 Å². The first-order valence-corrected chi connectivity index (χ1v) is 14.4. The lowest BCUT2D eigenvalue weighted by molar-refractivity contribution is -0.146.